The predicted molar refractivity (Wildman–Crippen MR) is 131 cm³/mol. The van der Waals surface area contributed by atoms with E-state index in [4.69, 9.17) is 0 Å². The zero-order valence-electron chi connectivity index (χ0n) is 18.0. The zero-order chi connectivity index (χ0) is 22.2. The molecule has 0 spiro atoms. The Hall–Kier alpha value is -4.26. The van der Waals surface area contributed by atoms with E-state index in [1.54, 1.807) is 6.21 Å². The lowest BCUT2D eigenvalue weighted by atomic mass is 10.0. The number of nitrogens with one attached hydrogen (secondary N) is 3. The number of para-hydroxylation sites is 2. The fourth-order valence-corrected chi connectivity index (χ4v) is 2.97. The van der Waals surface area contributed by atoms with Crippen molar-refractivity contribution in [3.63, 3.8) is 0 Å². The minimum atomic E-state index is 0.326. The van der Waals surface area contributed by atoms with Gasteiger partial charge in [0, 0.05) is 11.4 Å². The average Bonchev–Trinajstić information content (AvgIpc) is 2.81. The van der Waals surface area contributed by atoms with Crippen LogP contribution in [0.4, 0.5) is 29.2 Å². The van der Waals surface area contributed by atoms with Gasteiger partial charge in [-0.2, -0.15) is 20.1 Å². The summed E-state index contributed by atoms with van der Waals surface area (Å²) in [7, 11) is 0. The van der Waals surface area contributed by atoms with Crippen LogP contribution in [-0.4, -0.2) is 21.2 Å². The average molecular weight is 424 g/mol. The molecule has 0 aliphatic rings. The molecule has 0 saturated heterocycles. The van der Waals surface area contributed by atoms with E-state index in [2.05, 4.69) is 62.1 Å². The Labute approximate surface area is 187 Å². The fraction of sp³-hybridized carbons (Fsp3) is 0.120. The van der Waals surface area contributed by atoms with Crippen LogP contribution in [0.3, 0.4) is 0 Å². The standard InChI is InChI=1S/C25H25N7/c1-18(2)20-15-13-19(14-16-20)17-26-32-25-30-23(27-21-9-5-3-6-10-21)29-24(31-25)28-22-11-7-4-8-12-22/h3-18H,1-2H3,(H3,27,28,29,30,31,32)/b26-17-. The summed E-state index contributed by atoms with van der Waals surface area (Å²) >= 11 is 0. The lowest BCUT2D eigenvalue weighted by Crippen LogP contribution is -2.07. The number of hydrogen-bond acceptors (Lipinski definition) is 7. The molecule has 32 heavy (non-hydrogen) atoms. The maximum atomic E-state index is 4.48. The first-order valence-corrected chi connectivity index (χ1v) is 10.4. The second-order valence-electron chi connectivity index (χ2n) is 7.48. The molecule has 0 aliphatic heterocycles. The van der Waals surface area contributed by atoms with Crippen molar-refractivity contribution in [1.82, 2.24) is 15.0 Å². The van der Waals surface area contributed by atoms with Gasteiger partial charge in [0.05, 0.1) is 6.21 Å². The molecule has 1 aromatic heterocycles. The molecule has 4 aromatic rings. The predicted octanol–water partition coefficient (Wildman–Crippen LogP) is 5.93. The Bertz CT molecular complexity index is 1100. The number of nitrogens with zero attached hydrogens (tertiary/aromatic N) is 4. The molecule has 0 bridgehead atoms. The van der Waals surface area contributed by atoms with Crippen LogP contribution in [0.15, 0.2) is 90.0 Å². The molecule has 7 nitrogen and oxygen atoms in total. The van der Waals surface area contributed by atoms with E-state index >= 15 is 0 Å². The maximum absolute atomic E-state index is 4.48. The van der Waals surface area contributed by atoms with Crippen molar-refractivity contribution in [1.29, 1.82) is 0 Å². The van der Waals surface area contributed by atoms with E-state index in [1.807, 2.05) is 72.8 Å². The van der Waals surface area contributed by atoms with Crippen LogP contribution in [-0.2, 0) is 0 Å². The molecule has 0 amide bonds. The van der Waals surface area contributed by atoms with Crippen molar-refractivity contribution >= 4 is 35.4 Å². The lowest BCUT2D eigenvalue weighted by Gasteiger charge is -2.10. The Balaban J connectivity index is 1.53. The highest BCUT2D eigenvalue weighted by Crippen LogP contribution is 2.18. The summed E-state index contributed by atoms with van der Waals surface area (Å²) in [5.74, 6) is 1.63. The van der Waals surface area contributed by atoms with Crippen LogP contribution >= 0.6 is 0 Å². The molecule has 0 saturated carbocycles. The van der Waals surface area contributed by atoms with Gasteiger partial charge in [-0.3, -0.25) is 0 Å². The number of aromatic nitrogens is 3. The summed E-state index contributed by atoms with van der Waals surface area (Å²) in [6.07, 6.45) is 1.74. The Morgan fingerprint density at radius 1 is 0.656 bits per heavy atom. The molecule has 0 fully saturated rings. The Kier molecular flexibility index (Phi) is 6.67. The third kappa shape index (κ3) is 5.89. The Morgan fingerprint density at radius 3 is 1.66 bits per heavy atom. The third-order valence-electron chi connectivity index (χ3n) is 4.68. The maximum Gasteiger partial charge on any atom is 0.250 e. The number of hydrogen-bond donors (Lipinski definition) is 3. The van der Waals surface area contributed by atoms with Crippen LogP contribution in [0.25, 0.3) is 0 Å². The number of hydrazone groups is 1. The quantitative estimate of drug-likeness (QED) is 0.241. The molecule has 7 heteroatoms. The monoisotopic (exact) mass is 423 g/mol. The van der Waals surface area contributed by atoms with Crippen LogP contribution in [0.1, 0.15) is 30.9 Å². The van der Waals surface area contributed by atoms with Crippen LogP contribution in [0.5, 0.6) is 0 Å². The van der Waals surface area contributed by atoms with E-state index in [1.165, 1.54) is 5.56 Å². The number of rotatable bonds is 8. The molecular formula is C25H25N7. The SMILES string of the molecule is CC(C)c1ccc(/C=N\Nc2nc(Nc3ccccc3)nc(Nc3ccccc3)n2)cc1. The van der Waals surface area contributed by atoms with Gasteiger partial charge in [0.2, 0.25) is 17.8 Å². The van der Waals surface area contributed by atoms with Gasteiger partial charge in [-0.15, -0.1) is 0 Å². The first kappa shape index (κ1) is 21.0. The lowest BCUT2D eigenvalue weighted by molar-refractivity contribution is 0.866. The molecule has 0 aliphatic carbocycles. The van der Waals surface area contributed by atoms with E-state index in [0.717, 1.165) is 16.9 Å². The molecule has 4 rings (SSSR count). The minimum Gasteiger partial charge on any atom is -0.324 e. The zero-order valence-corrected chi connectivity index (χ0v) is 18.0. The fourth-order valence-electron chi connectivity index (χ4n) is 2.97. The van der Waals surface area contributed by atoms with Gasteiger partial charge in [0.25, 0.3) is 0 Å². The van der Waals surface area contributed by atoms with Crippen molar-refractivity contribution in [2.45, 2.75) is 19.8 Å². The van der Waals surface area contributed by atoms with Crippen molar-refractivity contribution in [3.05, 3.63) is 96.1 Å². The molecule has 0 radical (unpaired) electrons. The minimum absolute atomic E-state index is 0.326. The second kappa shape index (κ2) is 10.2. The van der Waals surface area contributed by atoms with E-state index in [0.29, 0.717) is 23.8 Å². The van der Waals surface area contributed by atoms with Crippen molar-refractivity contribution in [2.24, 2.45) is 5.10 Å². The van der Waals surface area contributed by atoms with Crippen LogP contribution in [0, 0.1) is 0 Å². The number of benzene rings is 3. The highest BCUT2D eigenvalue weighted by atomic mass is 15.4. The van der Waals surface area contributed by atoms with E-state index < -0.39 is 0 Å². The van der Waals surface area contributed by atoms with Gasteiger partial charge < -0.3 is 10.6 Å². The summed E-state index contributed by atoms with van der Waals surface area (Å²) in [6.45, 7) is 4.35. The van der Waals surface area contributed by atoms with Crippen molar-refractivity contribution in [3.8, 4) is 0 Å². The summed E-state index contributed by atoms with van der Waals surface area (Å²) in [5, 5.41) is 10.7. The highest BCUT2D eigenvalue weighted by molar-refractivity contribution is 5.80. The van der Waals surface area contributed by atoms with Gasteiger partial charge in [-0.25, -0.2) is 5.43 Å². The van der Waals surface area contributed by atoms with Crippen LogP contribution in [0.2, 0.25) is 0 Å². The van der Waals surface area contributed by atoms with Crippen LogP contribution < -0.4 is 16.1 Å². The smallest absolute Gasteiger partial charge is 0.250 e. The number of anilines is 5. The Morgan fingerprint density at radius 2 is 1.16 bits per heavy atom. The third-order valence-corrected chi connectivity index (χ3v) is 4.68. The van der Waals surface area contributed by atoms with Gasteiger partial charge in [-0.1, -0.05) is 74.5 Å². The molecule has 160 valence electrons. The topological polar surface area (TPSA) is 87.1 Å². The van der Waals surface area contributed by atoms with E-state index in [-0.39, 0.29) is 0 Å². The summed E-state index contributed by atoms with van der Waals surface area (Å²) < 4.78 is 0. The first-order chi connectivity index (χ1) is 15.7. The molecule has 3 N–H and O–H groups in total. The first-order valence-electron chi connectivity index (χ1n) is 10.4. The summed E-state index contributed by atoms with van der Waals surface area (Å²) in [4.78, 5) is 13.4. The second-order valence-corrected chi connectivity index (χ2v) is 7.48. The normalized spacial score (nSPS) is 11.0. The molecule has 0 atom stereocenters. The molecule has 1 heterocycles. The van der Waals surface area contributed by atoms with Gasteiger partial charge in [0.1, 0.15) is 0 Å². The van der Waals surface area contributed by atoms with E-state index in [9.17, 15) is 0 Å². The molecule has 0 unspecified atom stereocenters. The van der Waals surface area contributed by atoms with Gasteiger partial charge >= 0.3 is 0 Å². The van der Waals surface area contributed by atoms with Gasteiger partial charge in [-0.05, 0) is 41.3 Å². The molecule has 3 aromatic carbocycles. The summed E-state index contributed by atoms with van der Waals surface area (Å²) in [6, 6.07) is 27.8. The van der Waals surface area contributed by atoms with Crippen molar-refractivity contribution in [2.75, 3.05) is 16.1 Å². The van der Waals surface area contributed by atoms with Gasteiger partial charge in [0.15, 0.2) is 0 Å². The summed E-state index contributed by atoms with van der Waals surface area (Å²) in [5.41, 5.74) is 6.95. The largest absolute Gasteiger partial charge is 0.324 e. The highest BCUT2D eigenvalue weighted by Gasteiger charge is 2.07. The van der Waals surface area contributed by atoms with Crippen molar-refractivity contribution < 1.29 is 0 Å². The molecular weight excluding hydrogens is 398 g/mol.